The molecule has 0 amide bonds. The van der Waals surface area contributed by atoms with Gasteiger partial charge in [0.25, 0.3) is 0 Å². The quantitative estimate of drug-likeness (QED) is 0.320. The fourth-order valence-electron chi connectivity index (χ4n) is 6.35. The summed E-state index contributed by atoms with van der Waals surface area (Å²) in [6, 6.07) is 6.27. The van der Waals surface area contributed by atoms with Crippen LogP contribution in [0.5, 0.6) is 0 Å². The minimum atomic E-state index is 0.0910. The molecule has 6 nitrogen and oxygen atoms in total. The maximum absolute atomic E-state index is 10.0. The third kappa shape index (κ3) is 7.87. The average Bonchev–Trinajstić information content (AvgIpc) is 3.39. The van der Waals surface area contributed by atoms with Gasteiger partial charge >= 0.3 is 0 Å². The van der Waals surface area contributed by atoms with Crippen LogP contribution in [0.1, 0.15) is 107 Å². The zero-order chi connectivity index (χ0) is 25.0. The first kappa shape index (κ1) is 27.3. The van der Waals surface area contributed by atoms with Crippen LogP contribution >= 0.6 is 0 Å². The molecule has 1 aliphatic heterocycles. The van der Waals surface area contributed by atoms with Crippen LogP contribution in [0.2, 0.25) is 0 Å². The van der Waals surface area contributed by atoms with Gasteiger partial charge in [-0.15, -0.1) is 0 Å². The molecule has 2 aromatic rings. The van der Waals surface area contributed by atoms with E-state index in [2.05, 4.69) is 21.7 Å². The maximum Gasteiger partial charge on any atom is 0.181 e. The minimum Gasteiger partial charge on any atom is -0.392 e. The van der Waals surface area contributed by atoms with Gasteiger partial charge in [0.15, 0.2) is 5.82 Å². The van der Waals surface area contributed by atoms with Gasteiger partial charge in [-0.25, -0.2) is 4.98 Å². The van der Waals surface area contributed by atoms with Crippen LogP contribution in [0.4, 0.5) is 0 Å². The summed E-state index contributed by atoms with van der Waals surface area (Å²) in [6.45, 7) is 5.58. The fourth-order valence-corrected chi connectivity index (χ4v) is 6.35. The number of likely N-dealkylation sites (tertiary alicyclic amines) is 1. The first-order valence-electron chi connectivity index (χ1n) is 14.8. The second-order valence-corrected chi connectivity index (χ2v) is 11.2. The normalized spacial score (nSPS) is 18.2. The van der Waals surface area contributed by atoms with E-state index in [0.717, 1.165) is 30.0 Å². The zero-order valence-electron chi connectivity index (χ0n) is 22.4. The lowest BCUT2D eigenvalue weighted by molar-refractivity contribution is 0.168. The summed E-state index contributed by atoms with van der Waals surface area (Å²) >= 11 is 0. The van der Waals surface area contributed by atoms with Crippen LogP contribution < -0.4 is 5.73 Å². The van der Waals surface area contributed by atoms with E-state index in [1.807, 2.05) is 12.4 Å². The van der Waals surface area contributed by atoms with E-state index in [4.69, 9.17) is 15.8 Å². The molecule has 0 bridgehead atoms. The van der Waals surface area contributed by atoms with E-state index in [-0.39, 0.29) is 6.61 Å². The Bertz CT molecular complexity index is 883. The Morgan fingerprint density at radius 2 is 1.61 bits per heavy atom. The molecule has 0 spiro atoms. The Kier molecular flexibility index (Phi) is 11.3. The highest BCUT2D eigenvalue weighted by molar-refractivity contribution is 5.63. The van der Waals surface area contributed by atoms with E-state index in [1.165, 1.54) is 115 Å². The number of hydrogen-bond donors (Lipinski definition) is 2. The van der Waals surface area contributed by atoms with Crippen molar-refractivity contribution in [3.8, 4) is 11.4 Å². The van der Waals surface area contributed by atoms with Gasteiger partial charge in [0.05, 0.1) is 6.61 Å². The maximum atomic E-state index is 10.0. The van der Waals surface area contributed by atoms with Gasteiger partial charge in [-0.3, -0.25) is 4.68 Å². The van der Waals surface area contributed by atoms with Crippen LogP contribution in [0.3, 0.4) is 0 Å². The minimum absolute atomic E-state index is 0.0910. The zero-order valence-corrected chi connectivity index (χ0v) is 22.4. The molecule has 36 heavy (non-hydrogen) atoms. The summed E-state index contributed by atoms with van der Waals surface area (Å²) in [5, 5.41) is 15.0. The molecular weight excluding hydrogens is 446 g/mol. The molecule has 4 rings (SSSR count). The highest BCUT2D eigenvalue weighted by Crippen LogP contribution is 2.39. The van der Waals surface area contributed by atoms with E-state index >= 15 is 0 Å². The number of rotatable bonds is 14. The van der Waals surface area contributed by atoms with Crippen LogP contribution in [-0.2, 0) is 13.2 Å². The Balaban J connectivity index is 1.24. The lowest BCUT2D eigenvalue weighted by Gasteiger charge is -2.31. The van der Waals surface area contributed by atoms with Crippen molar-refractivity contribution in [2.24, 2.45) is 11.7 Å². The van der Waals surface area contributed by atoms with Crippen LogP contribution in [0.15, 0.2) is 24.5 Å². The molecule has 6 heteroatoms. The number of aliphatic hydroxyl groups excluding tert-OH is 1. The van der Waals surface area contributed by atoms with Gasteiger partial charge in [-0.1, -0.05) is 69.6 Å². The summed E-state index contributed by atoms with van der Waals surface area (Å²) in [5.74, 6) is 2.02. The van der Waals surface area contributed by atoms with Gasteiger partial charge in [-0.2, -0.15) is 5.10 Å². The smallest absolute Gasteiger partial charge is 0.181 e. The molecule has 0 atom stereocenters. The highest BCUT2D eigenvalue weighted by atomic mass is 16.3. The Morgan fingerprint density at radius 1 is 0.889 bits per heavy atom. The number of piperidine rings is 1. The molecule has 1 saturated heterocycles. The number of aromatic nitrogens is 3. The van der Waals surface area contributed by atoms with Gasteiger partial charge in [0, 0.05) is 12.1 Å². The molecule has 2 fully saturated rings. The summed E-state index contributed by atoms with van der Waals surface area (Å²) in [7, 11) is 0. The largest absolute Gasteiger partial charge is 0.392 e. The van der Waals surface area contributed by atoms with Crippen molar-refractivity contribution in [3.05, 3.63) is 35.7 Å². The molecule has 1 saturated carbocycles. The standard InChI is InChI=1S/C30H49N5O/c31-18-9-4-2-1-3-5-10-19-34-20-16-25(17-21-34)22-35-24-32-30(33-35)28-15-11-14-27(23-36)29(28)26-12-7-6-8-13-26/h11,14-15,24-26,36H,1-10,12-13,16-23,31H2. The Hall–Kier alpha value is -1.76. The number of unbranched alkanes of at least 4 members (excludes halogenated alkanes) is 6. The third-order valence-electron chi connectivity index (χ3n) is 8.49. The number of nitrogens with two attached hydrogens (primary N) is 1. The van der Waals surface area contributed by atoms with E-state index < -0.39 is 0 Å². The van der Waals surface area contributed by atoms with Crippen molar-refractivity contribution >= 4 is 0 Å². The molecule has 0 radical (unpaired) electrons. The topological polar surface area (TPSA) is 80.2 Å². The first-order valence-corrected chi connectivity index (χ1v) is 14.8. The van der Waals surface area contributed by atoms with Crippen molar-refractivity contribution in [3.63, 3.8) is 0 Å². The highest BCUT2D eigenvalue weighted by Gasteiger charge is 2.24. The SMILES string of the molecule is NCCCCCCCCCN1CCC(Cn2cnc(-c3cccc(CO)c3C3CCCCC3)n2)CC1. The van der Waals surface area contributed by atoms with E-state index in [1.54, 1.807) is 0 Å². The molecule has 2 aliphatic rings. The monoisotopic (exact) mass is 495 g/mol. The second kappa shape index (κ2) is 14.8. The molecule has 0 unspecified atom stereocenters. The third-order valence-corrected chi connectivity index (χ3v) is 8.49. The van der Waals surface area contributed by atoms with Gasteiger partial charge in [0.1, 0.15) is 6.33 Å². The van der Waals surface area contributed by atoms with Crippen LogP contribution in [0.25, 0.3) is 11.4 Å². The van der Waals surface area contributed by atoms with Crippen molar-refractivity contribution in [1.29, 1.82) is 0 Å². The number of nitrogens with zero attached hydrogens (tertiary/aromatic N) is 4. The molecular formula is C30H49N5O. The van der Waals surface area contributed by atoms with Crippen molar-refractivity contribution in [2.45, 2.75) is 109 Å². The molecule has 1 aliphatic carbocycles. The first-order chi connectivity index (χ1) is 17.8. The Morgan fingerprint density at radius 3 is 2.33 bits per heavy atom. The van der Waals surface area contributed by atoms with Crippen LogP contribution in [0, 0.1) is 5.92 Å². The van der Waals surface area contributed by atoms with Crippen molar-refractivity contribution < 1.29 is 5.11 Å². The van der Waals surface area contributed by atoms with Crippen molar-refractivity contribution in [1.82, 2.24) is 19.7 Å². The van der Waals surface area contributed by atoms with Gasteiger partial charge in [-0.05, 0) is 87.7 Å². The average molecular weight is 496 g/mol. The number of benzene rings is 1. The molecule has 2 heterocycles. The summed E-state index contributed by atoms with van der Waals surface area (Å²) < 4.78 is 2.07. The summed E-state index contributed by atoms with van der Waals surface area (Å²) in [4.78, 5) is 7.39. The number of aliphatic hydroxyl groups is 1. The molecule has 3 N–H and O–H groups in total. The van der Waals surface area contributed by atoms with Crippen LogP contribution in [-0.4, -0.2) is 50.9 Å². The van der Waals surface area contributed by atoms with E-state index in [9.17, 15) is 5.11 Å². The Labute approximate surface area is 218 Å². The van der Waals surface area contributed by atoms with Crippen molar-refractivity contribution in [2.75, 3.05) is 26.2 Å². The molecule has 1 aromatic carbocycles. The predicted octanol–water partition coefficient (Wildman–Crippen LogP) is 5.89. The summed E-state index contributed by atoms with van der Waals surface area (Å²) in [6.07, 6.45) is 20.0. The fraction of sp³-hybridized carbons (Fsp3) is 0.733. The van der Waals surface area contributed by atoms with E-state index in [0.29, 0.717) is 11.8 Å². The molecule has 200 valence electrons. The van der Waals surface area contributed by atoms with Gasteiger partial charge < -0.3 is 15.7 Å². The number of hydrogen-bond acceptors (Lipinski definition) is 5. The predicted molar refractivity (Wildman–Crippen MR) is 148 cm³/mol. The second-order valence-electron chi connectivity index (χ2n) is 11.2. The van der Waals surface area contributed by atoms with Gasteiger partial charge in [0.2, 0.25) is 0 Å². The lowest BCUT2D eigenvalue weighted by Crippen LogP contribution is -2.35. The molecule has 1 aromatic heterocycles. The lowest BCUT2D eigenvalue weighted by atomic mass is 9.80. The summed E-state index contributed by atoms with van der Waals surface area (Å²) in [5.41, 5.74) is 9.04.